The first kappa shape index (κ1) is 20.6. The molecule has 1 aliphatic heterocycles. The van der Waals surface area contributed by atoms with Gasteiger partial charge in [-0.1, -0.05) is 54.9 Å². The molecule has 142 valence electrons. The van der Waals surface area contributed by atoms with Gasteiger partial charge < -0.3 is 4.74 Å². The third kappa shape index (κ3) is 5.42. The molecule has 2 rings (SSSR count). The Kier molecular flexibility index (Phi) is 6.64. The molecule has 0 aliphatic carbocycles. The van der Waals surface area contributed by atoms with Crippen molar-refractivity contribution in [2.24, 2.45) is 5.41 Å². The second-order valence-corrected chi connectivity index (χ2v) is 8.70. The molecule has 1 unspecified atom stereocenters. The van der Waals surface area contributed by atoms with Crippen molar-refractivity contribution in [2.45, 2.75) is 53.2 Å². The molecule has 0 fully saturated rings. The average Bonchev–Trinajstić information content (AvgIpc) is 2.54. The number of rotatable bonds is 4. The number of halogens is 1. The van der Waals surface area contributed by atoms with E-state index in [4.69, 9.17) is 4.74 Å². The fourth-order valence-corrected chi connectivity index (χ4v) is 2.84. The van der Waals surface area contributed by atoms with E-state index in [1.807, 2.05) is 65.0 Å². The van der Waals surface area contributed by atoms with E-state index in [0.717, 1.165) is 15.6 Å². The summed E-state index contributed by atoms with van der Waals surface area (Å²) in [6, 6.07) is 7.44. The van der Waals surface area contributed by atoms with Crippen LogP contribution >= 0.6 is 15.9 Å². The fourth-order valence-electron chi connectivity index (χ4n) is 2.58. The molecule has 0 spiro atoms. The Morgan fingerprint density at radius 3 is 2.38 bits per heavy atom. The number of benzene rings is 1. The van der Waals surface area contributed by atoms with E-state index in [0.29, 0.717) is 13.0 Å². The van der Waals surface area contributed by atoms with Crippen molar-refractivity contribution < 1.29 is 14.3 Å². The van der Waals surface area contributed by atoms with Crippen LogP contribution in [0.1, 0.15) is 46.6 Å². The first-order valence-electron chi connectivity index (χ1n) is 8.81. The Morgan fingerprint density at radius 1 is 1.23 bits per heavy atom. The molecule has 1 N–H and O–H groups in total. The number of amides is 1. The molecule has 1 aliphatic rings. The molecular weight excluding hydrogens is 396 g/mol. The van der Waals surface area contributed by atoms with Gasteiger partial charge in [-0.3, -0.25) is 15.0 Å². The standard InChI is InChI=1S/C20H27BrN2O3/c1-13(2)26-18(24)17-12-15(14-6-8-16(21)9-7-14)10-11-23(17)22-19(25)20(3,4)5/h6-10,13,17H,11-12H2,1-5H3,(H,22,25). The van der Waals surface area contributed by atoms with Gasteiger partial charge in [0.15, 0.2) is 0 Å². The molecule has 0 aromatic heterocycles. The second-order valence-electron chi connectivity index (χ2n) is 7.79. The highest BCUT2D eigenvalue weighted by atomic mass is 79.9. The largest absolute Gasteiger partial charge is 0.462 e. The van der Waals surface area contributed by atoms with E-state index >= 15 is 0 Å². The van der Waals surface area contributed by atoms with Crippen LogP contribution < -0.4 is 5.43 Å². The lowest BCUT2D eigenvalue weighted by Gasteiger charge is -2.35. The third-order valence-corrected chi connectivity index (χ3v) is 4.62. The zero-order valence-corrected chi connectivity index (χ0v) is 17.6. The van der Waals surface area contributed by atoms with E-state index in [1.165, 1.54) is 0 Å². The van der Waals surface area contributed by atoms with Crippen LogP contribution in [0.4, 0.5) is 0 Å². The van der Waals surface area contributed by atoms with Crippen molar-refractivity contribution in [3.05, 3.63) is 40.4 Å². The van der Waals surface area contributed by atoms with Crippen LogP contribution in [0.3, 0.4) is 0 Å². The van der Waals surface area contributed by atoms with Gasteiger partial charge in [-0.25, -0.2) is 5.01 Å². The first-order valence-corrected chi connectivity index (χ1v) is 9.60. The van der Waals surface area contributed by atoms with Crippen molar-refractivity contribution >= 4 is 33.4 Å². The minimum absolute atomic E-state index is 0.125. The topological polar surface area (TPSA) is 58.6 Å². The number of hydrogen-bond acceptors (Lipinski definition) is 4. The summed E-state index contributed by atoms with van der Waals surface area (Å²) in [5.41, 5.74) is 4.49. The maximum Gasteiger partial charge on any atom is 0.325 e. The average molecular weight is 423 g/mol. The van der Waals surface area contributed by atoms with Gasteiger partial charge in [0.1, 0.15) is 6.04 Å². The lowest BCUT2D eigenvalue weighted by atomic mass is 9.94. The van der Waals surface area contributed by atoms with Gasteiger partial charge in [-0.2, -0.15) is 0 Å². The summed E-state index contributed by atoms with van der Waals surface area (Å²) in [6.07, 6.45) is 2.33. The van der Waals surface area contributed by atoms with E-state index in [-0.39, 0.29) is 18.0 Å². The van der Waals surface area contributed by atoms with Gasteiger partial charge in [-0.15, -0.1) is 0 Å². The zero-order valence-electron chi connectivity index (χ0n) is 16.0. The molecule has 6 heteroatoms. The maximum absolute atomic E-state index is 12.6. The van der Waals surface area contributed by atoms with Crippen molar-refractivity contribution in [3.8, 4) is 0 Å². The highest BCUT2D eigenvalue weighted by Gasteiger charge is 2.34. The highest BCUT2D eigenvalue weighted by Crippen LogP contribution is 2.28. The highest BCUT2D eigenvalue weighted by molar-refractivity contribution is 9.10. The summed E-state index contributed by atoms with van der Waals surface area (Å²) in [5.74, 6) is -0.447. The molecule has 26 heavy (non-hydrogen) atoms. The zero-order chi connectivity index (χ0) is 19.5. The molecular formula is C20H27BrN2O3. The fraction of sp³-hybridized carbons (Fsp3) is 0.500. The molecule has 1 aromatic rings. The van der Waals surface area contributed by atoms with Crippen LogP contribution in [0.25, 0.3) is 5.57 Å². The summed E-state index contributed by atoms with van der Waals surface area (Å²) >= 11 is 3.44. The summed E-state index contributed by atoms with van der Waals surface area (Å²) in [7, 11) is 0. The number of hydrogen-bond donors (Lipinski definition) is 1. The smallest absolute Gasteiger partial charge is 0.325 e. The van der Waals surface area contributed by atoms with Gasteiger partial charge in [0.2, 0.25) is 5.91 Å². The number of nitrogens with one attached hydrogen (secondary N) is 1. The number of carbonyl (C=O) groups is 2. The molecule has 0 saturated heterocycles. The summed E-state index contributed by atoms with van der Waals surface area (Å²) in [5, 5.41) is 1.68. The van der Waals surface area contributed by atoms with Crippen molar-refractivity contribution in [1.82, 2.24) is 10.4 Å². The molecule has 1 heterocycles. The van der Waals surface area contributed by atoms with Gasteiger partial charge in [0.25, 0.3) is 0 Å². The Bertz CT molecular complexity index is 690. The number of nitrogens with zero attached hydrogens (tertiary/aromatic N) is 1. The van der Waals surface area contributed by atoms with Gasteiger partial charge in [0, 0.05) is 22.9 Å². The van der Waals surface area contributed by atoms with Crippen LogP contribution in [-0.4, -0.2) is 35.6 Å². The van der Waals surface area contributed by atoms with Gasteiger partial charge in [-0.05, 0) is 37.1 Å². The SMILES string of the molecule is CC(C)OC(=O)C1CC(c2ccc(Br)cc2)=CCN1NC(=O)C(C)(C)C. The predicted molar refractivity (Wildman–Crippen MR) is 106 cm³/mol. The molecule has 1 amide bonds. The molecule has 5 nitrogen and oxygen atoms in total. The van der Waals surface area contributed by atoms with E-state index in [1.54, 1.807) is 5.01 Å². The Morgan fingerprint density at radius 2 is 1.85 bits per heavy atom. The molecule has 1 aromatic carbocycles. The number of esters is 1. The van der Waals surface area contributed by atoms with E-state index < -0.39 is 11.5 Å². The molecule has 0 bridgehead atoms. The molecule has 0 radical (unpaired) electrons. The lowest BCUT2D eigenvalue weighted by Crippen LogP contribution is -2.56. The second kappa shape index (κ2) is 8.35. The van der Waals surface area contributed by atoms with Crippen molar-refractivity contribution in [3.63, 3.8) is 0 Å². The first-order chi connectivity index (χ1) is 12.1. The van der Waals surface area contributed by atoms with Crippen LogP contribution in [-0.2, 0) is 14.3 Å². The Hall–Kier alpha value is -1.66. The minimum Gasteiger partial charge on any atom is -0.462 e. The van der Waals surface area contributed by atoms with Crippen LogP contribution in [0, 0.1) is 5.41 Å². The van der Waals surface area contributed by atoms with Gasteiger partial charge >= 0.3 is 5.97 Å². The van der Waals surface area contributed by atoms with Crippen LogP contribution in [0.15, 0.2) is 34.8 Å². The lowest BCUT2D eigenvalue weighted by molar-refractivity contribution is -0.156. The van der Waals surface area contributed by atoms with E-state index in [9.17, 15) is 9.59 Å². The summed E-state index contributed by atoms with van der Waals surface area (Å²) in [4.78, 5) is 25.0. The Labute approximate surface area is 163 Å². The Balaban J connectivity index is 2.24. The summed E-state index contributed by atoms with van der Waals surface area (Å²) < 4.78 is 6.43. The maximum atomic E-state index is 12.6. The van der Waals surface area contributed by atoms with Gasteiger partial charge in [0.05, 0.1) is 6.10 Å². The quantitative estimate of drug-likeness (QED) is 0.746. The number of carbonyl (C=O) groups excluding carboxylic acids is 2. The van der Waals surface area contributed by atoms with Crippen LogP contribution in [0.5, 0.6) is 0 Å². The third-order valence-electron chi connectivity index (χ3n) is 4.09. The normalized spacial score (nSPS) is 18.4. The van der Waals surface area contributed by atoms with Crippen molar-refractivity contribution in [1.29, 1.82) is 0 Å². The minimum atomic E-state index is -0.549. The van der Waals surface area contributed by atoms with Crippen LogP contribution in [0.2, 0.25) is 0 Å². The monoisotopic (exact) mass is 422 g/mol. The van der Waals surface area contributed by atoms with E-state index in [2.05, 4.69) is 21.4 Å². The predicted octanol–water partition coefficient (Wildman–Crippen LogP) is 3.94. The molecule has 1 atom stereocenters. The summed E-state index contributed by atoms with van der Waals surface area (Å²) in [6.45, 7) is 9.63. The molecule has 0 saturated carbocycles. The van der Waals surface area contributed by atoms with Crippen molar-refractivity contribution in [2.75, 3.05) is 6.54 Å². The number of hydrazine groups is 1. The number of ether oxygens (including phenoxy) is 1.